The van der Waals surface area contributed by atoms with Crippen molar-refractivity contribution < 1.29 is 0 Å². The van der Waals surface area contributed by atoms with Crippen LogP contribution in [0.2, 0.25) is 5.02 Å². The highest BCUT2D eigenvalue weighted by Gasteiger charge is 2.15. The molecule has 5 nitrogen and oxygen atoms in total. The summed E-state index contributed by atoms with van der Waals surface area (Å²) in [7, 11) is 0. The molecule has 0 aliphatic carbocycles. The number of nitrogen functional groups attached to an aromatic ring is 1. The number of anilines is 1. The van der Waals surface area contributed by atoms with Gasteiger partial charge < -0.3 is 5.43 Å². The highest BCUT2D eigenvalue weighted by molar-refractivity contribution is 7.99. The zero-order valence-electron chi connectivity index (χ0n) is 11.5. The van der Waals surface area contributed by atoms with Crippen molar-refractivity contribution in [2.75, 3.05) is 5.43 Å². The topological polar surface area (TPSA) is 76.7 Å². The first-order valence-corrected chi connectivity index (χ1v) is 7.36. The summed E-state index contributed by atoms with van der Waals surface area (Å²) in [6.07, 6.45) is 1.70. The standard InChI is InChI=1S/C13H16ClN5S/c1-7(2)10-17-11(19-15)8(3)12(18-10)20-13-9(14)5-4-6-16-13/h4-7H,15H2,1-3H3,(H,17,18,19). The summed E-state index contributed by atoms with van der Waals surface area (Å²) in [6, 6.07) is 3.60. The first-order valence-electron chi connectivity index (χ1n) is 6.16. The summed E-state index contributed by atoms with van der Waals surface area (Å²) in [5, 5.41) is 2.12. The molecule has 0 aliphatic rings. The van der Waals surface area contributed by atoms with Gasteiger partial charge in [0.1, 0.15) is 21.7 Å². The third kappa shape index (κ3) is 3.20. The number of hydrogen-bond donors (Lipinski definition) is 2. The Balaban J connectivity index is 2.45. The van der Waals surface area contributed by atoms with E-state index in [1.165, 1.54) is 11.8 Å². The number of nitrogens with one attached hydrogen (secondary N) is 1. The Morgan fingerprint density at radius 3 is 2.65 bits per heavy atom. The van der Waals surface area contributed by atoms with Crippen molar-refractivity contribution in [1.29, 1.82) is 0 Å². The van der Waals surface area contributed by atoms with E-state index in [2.05, 4.69) is 20.4 Å². The SMILES string of the molecule is Cc1c(NN)nc(C(C)C)nc1Sc1ncccc1Cl. The fourth-order valence-corrected chi connectivity index (χ4v) is 2.64. The van der Waals surface area contributed by atoms with Gasteiger partial charge in [-0.05, 0) is 30.8 Å². The second kappa shape index (κ2) is 6.39. The fourth-order valence-electron chi connectivity index (χ4n) is 1.55. The van der Waals surface area contributed by atoms with Gasteiger partial charge in [-0.3, -0.25) is 0 Å². The molecule has 0 unspecified atom stereocenters. The molecule has 2 rings (SSSR count). The molecule has 0 amide bonds. The summed E-state index contributed by atoms with van der Waals surface area (Å²) in [4.78, 5) is 13.2. The predicted molar refractivity (Wildman–Crippen MR) is 82.0 cm³/mol. The van der Waals surface area contributed by atoms with Gasteiger partial charge in [-0.15, -0.1) is 0 Å². The number of nitrogens with two attached hydrogens (primary N) is 1. The minimum absolute atomic E-state index is 0.209. The van der Waals surface area contributed by atoms with Gasteiger partial charge in [0.05, 0.1) is 5.02 Å². The van der Waals surface area contributed by atoms with E-state index in [4.69, 9.17) is 17.4 Å². The van der Waals surface area contributed by atoms with Crippen molar-refractivity contribution in [3.8, 4) is 0 Å². The molecule has 0 fully saturated rings. The summed E-state index contributed by atoms with van der Waals surface area (Å²) >= 11 is 7.55. The first kappa shape index (κ1) is 15.0. The zero-order valence-corrected chi connectivity index (χ0v) is 13.1. The van der Waals surface area contributed by atoms with E-state index in [9.17, 15) is 0 Å². The molecule has 0 saturated carbocycles. The van der Waals surface area contributed by atoms with E-state index < -0.39 is 0 Å². The van der Waals surface area contributed by atoms with Crippen LogP contribution in [-0.4, -0.2) is 15.0 Å². The van der Waals surface area contributed by atoms with Crippen LogP contribution in [0.25, 0.3) is 0 Å². The van der Waals surface area contributed by atoms with Gasteiger partial charge >= 0.3 is 0 Å². The van der Waals surface area contributed by atoms with Crippen LogP contribution < -0.4 is 11.3 Å². The van der Waals surface area contributed by atoms with Crippen molar-refractivity contribution in [2.45, 2.75) is 36.7 Å². The third-order valence-corrected chi connectivity index (χ3v) is 4.22. The average molecular weight is 310 g/mol. The molecular formula is C13H16ClN5S. The van der Waals surface area contributed by atoms with Gasteiger partial charge in [0, 0.05) is 17.7 Å². The summed E-state index contributed by atoms with van der Waals surface area (Å²) in [5.41, 5.74) is 3.49. The minimum atomic E-state index is 0.209. The van der Waals surface area contributed by atoms with Crippen molar-refractivity contribution in [3.05, 3.63) is 34.7 Å². The Labute approximate surface area is 127 Å². The molecule has 0 aliphatic heterocycles. The van der Waals surface area contributed by atoms with Crippen molar-refractivity contribution in [2.24, 2.45) is 5.84 Å². The lowest BCUT2D eigenvalue weighted by Crippen LogP contribution is -2.13. The third-order valence-electron chi connectivity index (χ3n) is 2.69. The van der Waals surface area contributed by atoms with Crippen LogP contribution in [-0.2, 0) is 0 Å². The number of nitrogens with zero attached hydrogens (tertiary/aromatic N) is 3. The Morgan fingerprint density at radius 1 is 1.30 bits per heavy atom. The molecule has 2 aromatic rings. The molecule has 0 atom stereocenters. The van der Waals surface area contributed by atoms with E-state index in [0.717, 1.165) is 16.4 Å². The molecule has 0 saturated heterocycles. The number of rotatable bonds is 4. The van der Waals surface area contributed by atoms with E-state index in [1.54, 1.807) is 18.3 Å². The second-order valence-corrected chi connectivity index (χ2v) is 5.94. The molecule has 0 spiro atoms. The van der Waals surface area contributed by atoms with Crippen LogP contribution in [0.5, 0.6) is 0 Å². The second-order valence-electron chi connectivity index (χ2n) is 4.55. The number of pyridine rings is 1. The van der Waals surface area contributed by atoms with Gasteiger partial charge in [0.2, 0.25) is 0 Å². The summed E-state index contributed by atoms with van der Waals surface area (Å²) < 4.78 is 0. The summed E-state index contributed by atoms with van der Waals surface area (Å²) in [6.45, 7) is 5.98. The number of hydrogen-bond acceptors (Lipinski definition) is 6. The lowest BCUT2D eigenvalue weighted by Gasteiger charge is -2.13. The molecule has 106 valence electrons. The Hall–Kier alpha value is -1.37. The average Bonchev–Trinajstić information content (AvgIpc) is 2.43. The van der Waals surface area contributed by atoms with Gasteiger partial charge in [-0.2, -0.15) is 0 Å². The van der Waals surface area contributed by atoms with Crippen LogP contribution >= 0.6 is 23.4 Å². The highest BCUT2D eigenvalue weighted by atomic mass is 35.5. The van der Waals surface area contributed by atoms with Crippen molar-refractivity contribution in [1.82, 2.24) is 15.0 Å². The minimum Gasteiger partial charge on any atom is -0.308 e. The highest BCUT2D eigenvalue weighted by Crippen LogP contribution is 2.34. The number of aromatic nitrogens is 3. The van der Waals surface area contributed by atoms with Crippen molar-refractivity contribution in [3.63, 3.8) is 0 Å². The van der Waals surface area contributed by atoms with Crippen molar-refractivity contribution >= 4 is 29.2 Å². The molecule has 20 heavy (non-hydrogen) atoms. The quantitative estimate of drug-likeness (QED) is 0.512. The molecule has 0 bridgehead atoms. The molecule has 7 heteroatoms. The lowest BCUT2D eigenvalue weighted by molar-refractivity contribution is 0.748. The van der Waals surface area contributed by atoms with Crippen LogP contribution in [0.15, 0.2) is 28.4 Å². The lowest BCUT2D eigenvalue weighted by atomic mass is 10.2. The monoisotopic (exact) mass is 309 g/mol. The molecule has 0 aromatic carbocycles. The zero-order chi connectivity index (χ0) is 14.7. The van der Waals surface area contributed by atoms with Gasteiger partial charge in [-0.25, -0.2) is 20.8 Å². The Kier molecular flexibility index (Phi) is 4.80. The van der Waals surface area contributed by atoms with Crippen LogP contribution in [0.4, 0.5) is 5.82 Å². The maximum atomic E-state index is 6.14. The fraction of sp³-hybridized carbons (Fsp3) is 0.308. The molecule has 2 aromatic heterocycles. The molecule has 0 radical (unpaired) electrons. The smallest absolute Gasteiger partial charge is 0.147 e. The van der Waals surface area contributed by atoms with E-state index >= 15 is 0 Å². The van der Waals surface area contributed by atoms with Gasteiger partial charge in [0.25, 0.3) is 0 Å². The van der Waals surface area contributed by atoms with Gasteiger partial charge in [-0.1, -0.05) is 25.4 Å². The number of halogens is 1. The van der Waals surface area contributed by atoms with E-state index in [1.807, 2.05) is 20.8 Å². The first-order chi connectivity index (χ1) is 9.52. The molecule has 2 heterocycles. The Bertz CT molecular complexity index is 618. The van der Waals surface area contributed by atoms with E-state index in [-0.39, 0.29) is 5.92 Å². The van der Waals surface area contributed by atoms with Crippen LogP contribution in [0, 0.1) is 6.92 Å². The summed E-state index contributed by atoms with van der Waals surface area (Å²) in [5.74, 6) is 7.09. The van der Waals surface area contributed by atoms with Crippen LogP contribution in [0.3, 0.4) is 0 Å². The maximum Gasteiger partial charge on any atom is 0.147 e. The molecular weight excluding hydrogens is 294 g/mol. The largest absolute Gasteiger partial charge is 0.308 e. The Morgan fingerprint density at radius 2 is 2.05 bits per heavy atom. The normalized spacial score (nSPS) is 10.9. The van der Waals surface area contributed by atoms with Crippen LogP contribution in [0.1, 0.15) is 31.2 Å². The maximum absolute atomic E-state index is 6.14. The van der Waals surface area contributed by atoms with Gasteiger partial charge in [0.15, 0.2) is 0 Å². The number of hydrazine groups is 1. The predicted octanol–water partition coefficient (Wildman–Crippen LogP) is 3.39. The molecule has 3 N–H and O–H groups in total. The van der Waals surface area contributed by atoms with E-state index in [0.29, 0.717) is 15.9 Å².